The first-order valence-corrected chi connectivity index (χ1v) is 8.47. The number of aryl methyl sites for hydroxylation is 1. The highest BCUT2D eigenvalue weighted by molar-refractivity contribution is 5.95. The largest absolute Gasteiger partial charge is 0.338 e. The van der Waals surface area contributed by atoms with Crippen LogP contribution < -0.4 is 5.32 Å². The van der Waals surface area contributed by atoms with Crippen molar-refractivity contribution >= 4 is 11.9 Å². The van der Waals surface area contributed by atoms with Gasteiger partial charge < -0.3 is 15.1 Å². The predicted molar refractivity (Wildman–Crippen MR) is 91.6 cm³/mol. The standard InChI is InChI=1S/C18H27N3O2/c1-4-20(5-2)18(23)19-15-10-12-21(13-11-15)17(22)16-9-7-6-8-14(16)3/h6-9,15H,4-5,10-13H2,1-3H3,(H,19,23). The summed E-state index contributed by atoms with van der Waals surface area (Å²) in [6, 6.07) is 7.84. The molecule has 0 radical (unpaired) electrons. The number of likely N-dealkylation sites (tertiary alicyclic amines) is 1. The molecule has 5 heteroatoms. The molecular formula is C18H27N3O2. The molecule has 0 saturated carbocycles. The first-order valence-electron chi connectivity index (χ1n) is 8.47. The highest BCUT2D eigenvalue weighted by Crippen LogP contribution is 2.16. The fourth-order valence-electron chi connectivity index (χ4n) is 2.99. The van der Waals surface area contributed by atoms with E-state index in [1.807, 2.05) is 49.9 Å². The van der Waals surface area contributed by atoms with Crippen LogP contribution in [0.4, 0.5) is 4.79 Å². The van der Waals surface area contributed by atoms with Gasteiger partial charge in [-0.15, -0.1) is 0 Å². The van der Waals surface area contributed by atoms with Gasteiger partial charge in [0.1, 0.15) is 0 Å². The van der Waals surface area contributed by atoms with Crippen LogP contribution in [0, 0.1) is 6.92 Å². The van der Waals surface area contributed by atoms with Crippen molar-refractivity contribution in [3.63, 3.8) is 0 Å². The van der Waals surface area contributed by atoms with Crippen LogP contribution in [-0.2, 0) is 0 Å². The van der Waals surface area contributed by atoms with E-state index in [9.17, 15) is 9.59 Å². The summed E-state index contributed by atoms with van der Waals surface area (Å²) in [5.41, 5.74) is 1.78. The zero-order chi connectivity index (χ0) is 16.8. The lowest BCUT2D eigenvalue weighted by Crippen LogP contribution is -2.50. The molecule has 3 amide bonds. The van der Waals surface area contributed by atoms with Crippen LogP contribution in [0.3, 0.4) is 0 Å². The Balaban J connectivity index is 1.88. The number of hydrogen-bond acceptors (Lipinski definition) is 2. The van der Waals surface area contributed by atoms with Crippen LogP contribution in [0.2, 0.25) is 0 Å². The summed E-state index contributed by atoms with van der Waals surface area (Å²) >= 11 is 0. The molecular weight excluding hydrogens is 290 g/mol. The van der Waals surface area contributed by atoms with Gasteiger partial charge in [0.25, 0.3) is 5.91 Å². The lowest BCUT2D eigenvalue weighted by molar-refractivity contribution is 0.0706. The molecule has 1 N–H and O–H groups in total. The SMILES string of the molecule is CCN(CC)C(=O)NC1CCN(C(=O)c2ccccc2C)CC1. The number of benzene rings is 1. The van der Waals surface area contributed by atoms with Crippen molar-refractivity contribution in [2.75, 3.05) is 26.2 Å². The monoisotopic (exact) mass is 317 g/mol. The zero-order valence-electron chi connectivity index (χ0n) is 14.3. The average molecular weight is 317 g/mol. The second-order valence-electron chi connectivity index (χ2n) is 6.00. The van der Waals surface area contributed by atoms with Crippen LogP contribution in [0.25, 0.3) is 0 Å². The molecule has 1 aliphatic rings. The van der Waals surface area contributed by atoms with Crippen molar-refractivity contribution in [3.05, 3.63) is 35.4 Å². The van der Waals surface area contributed by atoms with Crippen molar-refractivity contribution in [1.82, 2.24) is 15.1 Å². The van der Waals surface area contributed by atoms with Crippen LogP contribution in [-0.4, -0.2) is 54.0 Å². The third-order valence-corrected chi connectivity index (χ3v) is 4.54. The molecule has 0 spiro atoms. The number of carbonyl (C=O) groups excluding carboxylic acids is 2. The molecule has 1 heterocycles. The molecule has 5 nitrogen and oxygen atoms in total. The highest BCUT2D eigenvalue weighted by Gasteiger charge is 2.25. The molecule has 1 aromatic carbocycles. The van der Waals surface area contributed by atoms with E-state index < -0.39 is 0 Å². The molecule has 1 aliphatic heterocycles. The average Bonchev–Trinajstić information content (AvgIpc) is 2.56. The summed E-state index contributed by atoms with van der Waals surface area (Å²) in [5.74, 6) is 0.0941. The Morgan fingerprint density at radius 2 is 1.78 bits per heavy atom. The van der Waals surface area contributed by atoms with Gasteiger partial charge in [0.15, 0.2) is 0 Å². The van der Waals surface area contributed by atoms with Gasteiger partial charge >= 0.3 is 6.03 Å². The van der Waals surface area contributed by atoms with Gasteiger partial charge in [-0.05, 0) is 45.2 Å². The second-order valence-corrected chi connectivity index (χ2v) is 6.00. The lowest BCUT2D eigenvalue weighted by atomic mass is 10.0. The number of rotatable bonds is 4. The molecule has 0 aliphatic carbocycles. The second kappa shape index (κ2) is 7.99. The van der Waals surface area contributed by atoms with Crippen molar-refractivity contribution < 1.29 is 9.59 Å². The van der Waals surface area contributed by atoms with E-state index in [1.165, 1.54) is 0 Å². The fraction of sp³-hybridized carbons (Fsp3) is 0.556. The van der Waals surface area contributed by atoms with E-state index in [-0.39, 0.29) is 18.0 Å². The summed E-state index contributed by atoms with van der Waals surface area (Å²) in [7, 11) is 0. The first-order chi connectivity index (χ1) is 11.1. The molecule has 0 aromatic heterocycles. The van der Waals surface area contributed by atoms with Crippen LogP contribution in [0.5, 0.6) is 0 Å². The van der Waals surface area contributed by atoms with Crippen LogP contribution in [0.15, 0.2) is 24.3 Å². The predicted octanol–water partition coefficient (Wildman–Crippen LogP) is 2.65. The van der Waals surface area contributed by atoms with E-state index in [1.54, 1.807) is 4.90 Å². The number of hydrogen-bond donors (Lipinski definition) is 1. The number of nitrogens with zero attached hydrogens (tertiary/aromatic N) is 2. The van der Waals surface area contributed by atoms with Crippen molar-refractivity contribution in [3.8, 4) is 0 Å². The third kappa shape index (κ3) is 4.24. The Kier molecular flexibility index (Phi) is 6.02. The Hall–Kier alpha value is -2.04. The van der Waals surface area contributed by atoms with E-state index in [4.69, 9.17) is 0 Å². The molecule has 0 bridgehead atoms. The van der Waals surface area contributed by atoms with Gasteiger partial charge in [-0.2, -0.15) is 0 Å². The smallest absolute Gasteiger partial charge is 0.317 e. The molecule has 1 fully saturated rings. The molecule has 1 aromatic rings. The van der Waals surface area contributed by atoms with Crippen LogP contribution >= 0.6 is 0 Å². The van der Waals surface area contributed by atoms with E-state index in [2.05, 4.69) is 5.32 Å². The maximum atomic E-state index is 12.6. The topological polar surface area (TPSA) is 52.7 Å². The lowest BCUT2D eigenvalue weighted by Gasteiger charge is -2.33. The van der Waals surface area contributed by atoms with E-state index in [0.717, 1.165) is 24.0 Å². The zero-order valence-corrected chi connectivity index (χ0v) is 14.3. The Labute approximate surface area is 138 Å². The number of amides is 3. The van der Waals surface area contributed by atoms with Gasteiger partial charge in [-0.3, -0.25) is 4.79 Å². The minimum atomic E-state index is -0.00122. The van der Waals surface area contributed by atoms with Crippen molar-refractivity contribution in [2.24, 2.45) is 0 Å². The molecule has 23 heavy (non-hydrogen) atoms. The summed E-state index contributed by atoms with van der Waals surface area (Å²) in [4.78, 5) is 28.3. The minimum absolute atomic E-state index is 0.00122. The van der Waals surface area contributed by atoms with Crippen molar-refractivity contribution in [1.29, 1.82) is 0 Å². The van der Waals surface area contributed by atoms with Crippen LogP contribution in [0.1, 0.15) is 42.6 Å². The quantitative estimate of drug-likeness (QED) is 0.928. The van der Waals surface area contributed by atoms with Crippen molar-refractivity contribution in [2.45, 2.75) is 39.7 Å². The number of piperidine rings is 1. The maximum absolute atomic E-state index is 12.6. The summed E-state index contributed by atoms with van der Waals surface area (Å²) in [6.45, 7) is 8.73. The van der Waals surface area contributed by atoms with Gasteiger partial charge in [-0.25, -0.2) is 4.79 Å². The minimum Gasteiger partial charge on any atom is -0.338 e. The third-order valence-electron chi connectivity index (χ3n) is 4.54. The summed E-state index contributed by atoms with van der Waals surface area (Å²) in [6.07, 6.45) is 1.62. The number of urea groups is 1. The highest BCUT2D eigenvalue weighted by atomic mass is 16.2. The van der Waals surface area contributed by atoms with E-state index >= 15 is 0 Å². The van der Waals surface area contributed by atoms with Gasteiger partial charge in [0, 0.05) is 37.8 Å². The molecule has 2 rings (SSSR count). The summed E-state index contributed by atoms with van der Waals surface area (Å²) in [5, 5.41) is 3.08. The maximum Gasteiger partial charge on any atom is 0.317 e. The van der Waals surface area contributed by atoms with Gasteiger partial charge in [0.2, 0.25) is 0 Å². The number of carbonyl (C=O) groups is 2. The molecule has 126 valence electrons. The Morgan fingerprint density at radius 3 is 2.35 bits per heavy atom. The van der Waals surface area contributed by atoms with Gasteiger partial charge in [-0.1, -0.05) is 18.2 Å². The van der Waals surface area contributed by atoms with E-state index in [0.29, 0.717) is 26.2 Å². The van der Waals surface area contributed by atoms with Gasteiger partial charge in [0.05, 0.1) is 0 Å². The normalized spacial score (nSPS) is 15.3. The number of nitrogens with one attached hydrogen (secondary N) is 1. The molecule has 1 saturated heterocycles. The summed E-state index contributed by atoms with van der Waals surface area (Å²) < 4.78 is 0. The Morgan fingerprint density at radius 1 is 1.17 bits per heavy atom. The fourth-order valence-corrected chi connectivity index (χ4v) is 2.99. The first kappa shape index (κ1) is 17.3. The molecule has 0 atom stereocenters. The Bertz CT molecular complexity index is 547. The molecule has 0 unspecified atom stereocenters.